The Bertz CT molecular complexity index is 434. The number of amides is 1. The second-order valence-electron chi connectivity index (χ2n) is 3.47. The quantitative estimate of drug-likeness (QED) is 0.722. The van der Waals surface area contributed by atoms with Crippen LogP contribution in [0.2, 0.25) is 0 Å². The highest BCUT2D eigenvalue weighted by molar-refractivity contribution is 5.98. The number of nitrogens with zero attached hydrogens (tertiary/aromatic N) is 2. The molecule has 0 unspecified atom stereocenters. The summed E-state index contributed by atoms with van der Waals surface area (Å²) >= 11 is 0. The predicted octanol–water partition coefficient (Wildman–Crippen LogP) is 0.725. The molecular weight excluding hydrogens is 236 g/mol. The molecule has 18 heavy (non-hydrogen) atoms. The Balaban J connectivity index is 2.92. The van der Waals surface area contributed by atoms with Gasteiger partial charge in [-0.3, -0.25) is 14.6 Å². The molecule has 6 heteroatoms. The van der Waals surface area contributed by atoms with Crippen molar-refractivity contribution in [1.29, 1.82) is 0 Å². The molecule has 1 amide bonds. The van der Waals surface area contributed by atoms with Crippen LogP contribution in [-0.2, 0) is 9.53 Å². The van der Waals surface area contributed by atoms with E-state index in [0.29, 0.717) is 17.9 Å². The van der Waals surface area contributed by atoms with E-state index < -0.39 is 5.97 Å². The third-order valence-corrected chi connectivity index (χ3v) is 2.45. The van der Waals surface area contributed by atoms with Crippen molar-refractivity contribution >= 4 is 11.9 Å². The average Bonchev–Trinajstić information content (AvgIpc) is 2.43. The molecule has 1 rings (SSSR count). The Hall–Kier alpha value is -2.11. The number of methoxy groups -OCH3 is 2. The van der Waals surface area contributed by atoms with Crippen LogP contribution in [0, 0.1) is 0 Å². The van der Waals surface area contributed by atoms with Gasteiger partial charge in [-0.2, -0.15) is 0 Å². The molecule has 0 atom stereocenters. The van der Waals surface area contributed by atoms with Crippen LogP contribution in [-0.4, -0.2) is 49.1 Å². The van der Waals surface area contributed by atoms with Crippen molar-refractivity contribution in [1.82, 2.24) is 9.88 Å². The van der Waals surface area contributed by atoms with Gasteiger partial charge in [0.25, 0.3) is 5.91 Å². The van der Waals surface area contributed by atoms with E-state index >= 15 is 0 Å². The highest BCUT2D eigenvalue weighted by Gasteiger charge is 2.20. The lowest BCUT2D eigenvalue weighted by Gasteiger charge is -2.20. The zero-order valence-corrected chi connectivity index (χ0v) is 10.7. The van der Waals surface area contributed by atoms with Crippen LogP contribution in [0.15, 0.2) is 18.5 Å². The molecule has 0 saturated carbocycles. The maximum absolute atomic E-state index is 12.2. The van der Waals surface area contributed by atoms with Crippen molar-refractivity contribution in [3.05, 3.63) is 24.0 Å². The van der Waals surface area contributed by atoms with Crippen LogP contribution in [0.25, 0.3) is 0 Å². The van der Waals surface area contributed by atoms with Gasteiger partial charge in [-0.25, -0.2) is 0 Å². The van der Waals surface area contributed by atoms with Gasteiger partial charge < -0.3 is 14.4 Å². The van der Waals surface area contributed by atoms with Crippen molar-refractivity contribution < 1.29 is 19.1 Å². The minimum atomic E-state index is -0.460. The molecule has 0 radical (unpaired) electrons. The van der Waals surface area contributed by atoms with E-state index in [1.807, 2.05) is 0 Å². The van der Waals surface area contributed by atoms with E-state index in [2.05, 4.69) is 9.72 Å². The number of aromatic nitrogens is 1. The van der Waals surface area contributed by atoms with E-state index in [1.54, 1.807) is 13.0 Å². The number of esters is 1. The standard InChI is InChI=1S/C12H16N2O4/c1-4-14(8-11(15)18-3)12(16)9-5-6-13-7-10(9)17-2/h5-7H,4,8H2,1-3H3. The first kappa shape index (κ1) is 14.0. The maximum Gasteiger partial charge on any atom is 0.325 e. The molecule has 0 spiro atoms. The van der Waals surface area contributed by atoms with Crippen molar-refractivity contribution in [2.75, 3.05) is 27.3 Å². The number of carbonyl (C=O) groups excluding carboxylic acids is 2. The van der Waals surface area contributed by atoms with Crippen LogP contribution in [0.5, 0.6) is 5.75 Å². The SMILES string of the molecule is CCN(CC(=O)OC)C(=O)c1ccncc1OC. The minimum Gasteiger partial charge on any atom is -0.494 e. The summed E-state index contributed by atoms with van der Waals surface area (Å²) in [5.41, 5.74) is 0.373. The Morgan fingerprint density at radius 3 is 2.67 bits per heavy atom. The first-order valence-corrected chi connectivity index (χ1v) is 5.48. The topological polar surface area (TPSA) is 68.7 Å². The minimum absolute atomic E-state index is 0.0860. The third kappa shape index (κ3) is 3.19. The monoisotopic (exact) mass is 252 g/mol. The summed E-state index contributed by atoms with van der Waals surface area (Å²) in [4.78, 5) is 28.7. The summed E-state index contributed by atoms with van der Waals surface area (Å²) in [7, 11) is 2.75. The summed E-state index contributed by atoms with van der Waals surface area (Å²) in [5.74, 6) is -0.369. The van der Waals surface area contributed by atoms with Gasteiger partial charge in [-0.1, -0.05) is 0 Å². The molecule has 0 saturated heterocycles. The number of carbonyl (C=O) groups is 2. The molecule has 0 fully saturated rings. The average molecular weight is 252 g/mol. The highest BCUT2D eigenvalue weighted by atomic mass is 16.5. The molecule has 0 aliphatic rings. The lowest BCUT2D eigenvalue weighted by atomic mass is 10.2. The fraction of sp³-hybridized carbons (Fsp3) is 0.417. The van der Waals surface area contributed by atoms with Crippen molar-refractivity contribution in [2.45, 2.75) is 6.92 Å². The molecular formula is C12H16N2O4. The maximum atomic E-state index is 12.2. The molecule has 0 aromatic carbocycles. The van der Waals surface area contributed by atoms with Gasteiger partial charge in [-0.05, 0) is 13.0 Å². The number of hydrogen-bond acceptors (Lipinski definition) is 5. The number of hydrogen-bond donors (Lipinski definition) is 0. The van der Waals surface area contributed by atoms with Crippen molar-refractivity contribution in [2.24, 2.45) is 0 Å². The fourth-order valence-corrected chi connectivity index (χ4v) is 1.44. The zero-order valence-electron chi connectivity index (χ0n) is 10.7. The van der Waals surface area contributed by atoms with Crippen molar-refractivity contribution in [3.8, 4) is 5.75 Å². The smallest absolute Gasteiger partial charge is 0.325 e. The molecule has 0 bridgehead atoms. The van der Waals surface area contributed by atoms with Crippen LogP contribution in [0.4, 0.5) is 0 Å². The Morgan fingerprint density at radius 2 is 2.11 bits per heavy atom. The van der Waals surface area contributed by atoms with Crippen LogP contribution < -0.4 is 4.74 Å². The van der Waals surface area contributed by atoms with Crippen molar-refractivity contribution in [3.63, 3.8) is 0 Å². The zero-order chi connectivity index (χ0) is 13.5. The van der Waals surface area contributed by atoms with Gasteiger partial charge in [0.05, 0.1) is 26.0 Å². The van der Waals surface area contributed by atoms with Crippen LogP contribution in [0.1, 0.15) is 17.3 Å². The number of rotatable bonds is 5. The second-order valence-corrected chi connectivity index (χ2v) is 3.47. The molecule has 1 heterocycles. The van der Waals surface area contributed by atoms with E-state index in [4.69, 9.17) is 4.74 Å². The van der Waals surface area contributed by atoms with Crippen LogP contribution >= 0.6 is 0 Å². The fourth-order valence-electron chi connectivity index (χ4n) is 1.44. The molecule has 0 aliphatic carbocycles. The Kier molecular flexibility index (Phi) is 5.10. The molecule has 1 aromatic rings. The summed E-state index contributed by atoms with van der Waals surface area (Å²) < 4.78 is 9.61. The summed E-state index contributed by atoms with van der Waals surface area (Å²) in [6, 6.07) is 1.56. The van der Waals surface area contributed by atoms with Gasteiger partial charge in [0.2, 0.25) is 0 Å². The van der Waals surface area contributed by atoms with Gasteiger partial charge in [0.1, 0.15) is 12.3 Å². The summed E-state index contributed by atoms with van der Waals surface area (Å²) in [5, 5.41) is 0. The molecule has 0 aliphatic heterocycles. The predicted molar refractivity (Wildman–Crippen MR) is 64.4 cm³/mol. The van der Waals surface area contributed by atoms with Gasteiger partial charge >= 0.3 is 5.97 Å². The summed E-state index contributed by atoms with van der Waals surface area (Å²) in [6.45, 7) is 2.10. The molecule has 0 N–H and O–H groups in total. The number of likely N-dealkylation sites (N-methyl/N-ethyl adjacent to an activating group) is 1. The lowest BCUT2D eigenvalue weighted by Crippen LogP contribution is -2.36. The van der Waals surface area contributed by atoms with Gasteiger partial charge in [-0.15, -0.1) is 0 Å². The lowest BCUT2D eigenvalue weighted by molar-refractivity contribution is -0.141. The van der Waals surface area contributed by atoms with Gasteiger partial charge in [0.15, 0.2) is 0 Å². The van der Waals surface area contributed by atoms with Crippen LogP contribution in [0.3, 0.4) is 0 Å². The molecule has 98 valence electrons. The highest BCUT2D eigenvalue weighted by Crippen LogP contribution is 2.17. The largest absolute Gasteiger partial charge is 0.494 e. The van der Waals surface area contributed by atoms with E-state index in [-0.39, 0.29) is 12.5 Å². The number of pyridine rings is 1. The molecule has 6 nitrogen and oxygen atoms in total. The summed E-state index contributed by atoms with van der Waals surface area (Å²) in [6.07, 6.45) is 2.96. The van der Waals surface area contributed by atoms with E-state index in [0.717, 1.165) is 0 Å². The Labute approximate surface area is 106 Å². The second kappa shape index (κ2) is 6.58. The number of ether oxygens (including phenoxy) is 2. The van der Waals surface area contributed by atoms with E-state index in [1.165, 1.54) is 31.5 Å². The normalized spacial score (nSPS) is 9.72. The first-order valence-electron chi connectivity index (χ1n) is 5.48. The van der Waals surface area contributed by atoms with E-state index in [9.17, 15) is 9.59 Å². The third-order valence-electron chi connectivity index (χ3n) is 2.45. The first-order chi connectivity index (χ1) is 8.63. The molecule has 1 aromatic heterocycles. The Morgan fingerprint density at radius 1 is 1.39 bits per heavy atom. The van der Waals surface area contributed by atoms with Gasteiger partial charge in [0, 0.05) is 12.7 Å².